The van der Waals surface area contributed by atoms with Gasteiger partial charge in [-0.05, 0) is 6.42 Å². The molecule has 1 amide bonds. The molecule has 0 rings (SSSR count). The summed E-state index contributed by atoms with van der Waals surface area (Å²) in [6, 6.07) is 0. The van der Waals surface area contributed by atoms with E-state index in [2.05, 4.69) is 0 Å². The van der Waals surface area contributed by atoms with Crippen molar-refractivity contribution in [3.05, 3.63) is 0 Å². The highest BCUT2D eigenvalue weighted by Crippen LogP contribution is 2.19. The summed E-state index contributed by atoms with van der Waals surface area (Å²) in [5, 5.41) is 0. The summed E-state index contributed by atoms with van der Waals surface area (Å²) in [6.07, 6.45) is -3.81. The first-order valence-corrected chi connectivity index (χ1v) is 6.91. The van der Waals surface area contributed by atoms with E-state index >= 15 is 0 Å². The molecule has 0 radical (unpaired) electrons. The molecule has 0 heterocycles. The van der Waals surface area contributed by atoms with Crippen LogP contribution < -0.4 is 4.72 Å². The van der Waals surface area contributed by atoms with Crippen LogP contribution in [0.25, 0.3) is 0 Å². The fraction of sp³-hybridized carbons (Fsp3) is 0.889. The summed E-state index contributed by atoms with van der Waals surface area (Å²) in [6.45, 7) is 1.91. The van der Waals surface area contributed by atoms with Crippen molar-refractivity contribution in [2.45, 2.75) is 45.2 Å². The molecule has 0 aromatic heterocycles. The van der Waals surface area contributed by atoms with Crippen molar-refractivity contribution in [1.29, 1.82) is 0 Å². The number of amides is 1. The van der Waals surface area contributed by atoms with Crippen LogP contribution in [0, 0.1) is 0 Å². The van der Waals surface area contributed by atoms with E-state index in [4.69, 9.17) is 0 Å². The van der Waals surface area contributed by atoms with Gasteiger partial charge in [-0.25, -0.2) is 8.42 Å². The second kappa shape index (κ2) is 6.83. The molecule has 17 heavy (non-hydrogen) atoms. The molecule has 0 aliphatic heterocycles. The lowest BCUT2D eigenvalue weighted by Gasteiger charge is -2.08. The van der Waals surface area contributed by atoms with Crippen molar-refractivity contribution in [3.8, 4) is 0 Å². The number of hydrogen-bond donors (Lipinski definition) is 1. The molecule has 0 aliphatic rings. The highest BCUT2D eigenvalue weighted by atomic mass is 32.2. The first kappa shape index (κ1) is 16.2. The van der Waals surface area contributed by atoms with Crippen LogP contribution in [0.5, 0.6) is 0 Å². The molecule has 0 spiro atoms. The van der Waals surface area contributed by atoms with Gasteiger partial charge in [0.25, 0.3) is 0 Å². The van der Waals surface area contributed by atoms with Crippen molar-refractivity contribution in [2.24, 2.45) is 0 Å². The van der Waals surface area contributed by atoms with E-state index in [-0.39, 0.29) is 6.42 Å². The maximum Gasteiger partial charge on any atom is 0.390 e. The van der Waals surface area contributed by atoms with Crippen LogP contribution in [-0.2, 0) is 14.8 Å². The van der Waals surface area contributed by atoms with Crippen molar-refractivity contribution in [3.63, 3.8) is 0 Å². The molecule has 0 unspecified atom stereocenters. The smallest absolute Gasteiger partial charge is 0.274 e. The van der Waals surface area contributed by atoms with Crippen LogP contribution in [0.15, 0.2) is 0 Å². The summed E-state index contributed by atoms with van der Waals surface area (Å²) in [5.41, 5.74) is 0. The van der Waals surface area contributed by atoms with Gasteiger partial charge < -0.3 is 0 Å². The number of rotatable bonds is 7. The number of carbonyl (C=O) groups excluding carboxylic acids is 1. The van der Waals surface area contributed by atoms with E-state index in [0.29, 0.717) is 6.42 Å². The van der Waals surface area contributed by atoms with E-state index in [1.54, 1.807) is 4.72 Å². The SMILES string of the molecule is CCCCCC(=O)NS(=O)(=O)CCC(F)(F)F. The number of alkyl halides is 3. The van der Waals surface area contributed by atoms with Gasteiger partial charge in [0.1, 0.15) is 0 Å². The van der Waals surface area contributed by atoms with Crippen LogP contribution in [0.2, 0.25) is 0 Å². The van der Waals surface area contributed by atoms with E-state index in [0.717, 1.165) is 12.8 Å². The molecular formula is C9H16F3NO3S. The average Bonchev–Trinajstić information content (AvgIpc) is 2.14. The van der Waals surface area contributed by atoms with Crippen LogP contribution in [0.1, 0.15) is 39.0 Å². The van der Waals surface area contributed by atoms with Gasteiger partial charge in [0.2, 0.25) is 15.9 Å². The molecular weight excluding hydrogens is 259 g/mol. The Morgan fingerprint density at radius 3 is 2.29 bits per heavy atom. The molecule has 4 nitrogen and oxygen atoms in total. The number of unbranched alkanes of at least 4 members (excludes halogenated alkanes) is 2. The molecule has 0 atom stereocenters. The average molecular weight is 275 g/mol. The van der Waals surface area contributed by atoms with Gasteiger partial charge in [-0.15, -0.1) is 0 Å². The lowest BCUT2D eigenvalue weighted by Crippen LogP contribution is -2.33. The van der Waals surface area contributed by atoms with Gasteiger partial charge in [-0.2, -0.15) is 13.2 Å². The number of halogens is 3. The zero-order valence-electron chi connectivity index (χ0n) is 9.51. The largest absolute Gasteiger partial charge is 0.390 e. The number of sulfonamides is 1. The van der Waals surface area contributed by atoms with Crippen molar-refractivity contribution < 1.29 is 26.4 Å². The Morgan fingerprint density at radius 1 is 1.24 bits per heavy atom. The van der Waals surface area contributed by atoms with Crippen molar-refractivity contribution in [2.75, 3.05) is 5.75 Å². The molecule has 0 fully saturated rings. The predicted octanol–water partition coefficient (Wildman–Crippen LogP) is 1.97. The second-order valence-corrected chi connectivity index (χ2v) is 5.51. The Kier molecular flexibility index (Phi) is 6.51. The summed E-state index contributed by atoms with van der Waals surface area (Å²) >= 11 is 0. The standard InChI is InChI=1S/C9H16F3NO3S/c1-2-3-4-5-8(14)13-17(15,16)7-6-9(10,11)12/h2-7H2,1H3,(H,13,14). The van der Waals surface area contributed by atoms with Gasteiger partial charge in [-0.1, -0.05) is 19.8 Å². The normalized spacial score (nSPS) is 12.5. The van der Waals surface area contributed by atoms with Gasteiger partial charge in [0.15, 0.2) is 0 Å². The predicted molar refractivity (Wildman–Crippen MR) is 56.7 cm³/mol. The molecule has 0 saturated carbocycles. The minimum absolute atomic E-state index is 0.0130. The number of carbonyl (C=O) groups is 1. The third kappa shape index (κ3) is 10.1. The lowest BCUT2D eigenvalue weighted by atomic mass is 10.2. The molecule has 0 saturated heterocycles. The molecule has 1 N–H and O–H groups in total. The Balaban J connectivity index is 4.04. The fourth-order valence-corrected chi connectivity index (χ4v) is 2.11. The zero-order valence-corrected chi connectivity index (χ0v) is 10.3. The molecule has 0 aromatic carbocycles. The van der Waals surface area contributed by atoms with Gasteiger partial charge >= 0.3 is 6.18 Å². The third-order valence-electron chi connectivity index (χ3n) is 1.93. The van der Waals surface area contributed by atoms with Crippen molar-refractivity contribution in [1.82, 2.24) is 4.72 Å². The Bertz CT molecular complexity index is 338. The molecule has 0 aliphatic carbocycles. The van der Waals surface area contributed by atoms with E-state index in [9.17, 15) is 26.4 Å². The van der Waals surface area contributed by atoms with Crippen LogP contribution in [-0.4, -0.2) is 26.3 Å². The zero-order chi connectivity index (χ0) is 13.5. The van der Waals surface area contributed by atoms with Gasteiger partial charge in [-0.3, -0.25) is 9.52 Å². The second-order valence-electron chi connectivity index (χ2n) is 3.67. The lowest BCUT2D eigenvalue weighted by molar-refractivity contribution is -0.130. The molecule has 8 heteroatoms. The van der Waals surface area contributed by atoms with E-state index in [1.165, 1.54) is 0 Å². The van der Waals surface area contributed by atoms with Crippen LogP contribution in [0.4, 0.5) is 13.2 Å². The van der Waals surface area contributed by atoms with Gasteiger partial charge in [0, 0.05) is 6.42 Å². The molecule has 102 valence electrons. The summed E-state index contributed by atoms with van der Waals surface area (Å²) < 4.78 is 59.2. The maximum absolute atomic E-state index is 11.8. The summed E-state index contributed by atoms with van der Waals surface area (Å²) in [4.78, 5) is 11.1. The quantitative estimate of drug-likeness (QED) is 0.722. The fourth-order valence-electron chi connectivity index (χ4n) is 1.06. The summed E-state index contributed by atoms with van der Waals surface area (Å²) in [5.74, 6) is -1.86. The number of hydrogen-bond acceptors (Lipinski definition) is 3. The van der Waals surface area contributed by atoms with Gasteiger partial charge in [0.05, 0.1) is 12.2 Å². The van der Waals surface area contributed by atoms with Crippen molar-refractivity contribution >= 4 is 15.9 Å². The highest BCUT2D eigenvalue weighted by molar-refractivity contribution is 7.90. The minimum Gasteiger partial charge on any atom is -0.274 e. The Labute approximate surface area is 98.6 Å². The summed E-state index contributed by atoms with van der Waals surface area (Å²) in [7, 11) is -4.17. The van der Waals surface area contributed by atoms with E-state index in [1.807, 2.05) is 6.92 Å². The first-order valence-electron chi connectivity index (χ1n) is 5.26. The Morgan fingerprint density at radius 2 is 1.82 bits per heavy atom. The van der Waals surface area contributed by atoms with E-state index < -0.39 is 34.3 Å². The highest BCUT2D eigenvalue weighted by Gasteiger charge is 2.30. The van der Waals surface area contributed by atoms with Crippen LogP contribution >= 0.6 is 0 Å². The first-order chi connectivity index (χ1) is 7.66. The third-order valence-corrected chi connectivity index (χ3v) is 3.21. The minimum atomic E-state index is -4.54. The Hall–Kier alpha value is -0.790. The molecule has 0 aromatic rings. The number of nitrogens with one attached hydrogen (secondary N) is 1. The maximum atomic E-state index is 11.8. The topological polar surface area (TPSA) is 63.2 Å². The molecule has 0 bridgehead atoms. The monoisotopic (exact) mass is 275 g/mol. The van der Waals surface area contributed by atoms with Crippen LogP contribution in [0.3, 0.4) is 0 Å².